The Kier molecular flexibility index (Phi) is 7.35. The Morgan fingerprint density at radius 3 is 2.64 bits per heavy atom. The van der Waals surface area contributed by atoms with E-state index in [2.05, 4.69) is 15.6 Å². The van der Waals surface area contributed by atoms with Crippen LogP contribution in [0.3, 0.4) is 0 Å². The van der Waals surface area contributed by atoms with Crippen LogP contribution >= 0.6 is 0 Å². The van der Waals surface area contributed by atoms with E-state index >= 15 is 0 Å². The molecular formula is C34H36FN7O3. The number of rotatable bonds is 8. The number of fused-ring (bicyclic) bond motifs is 2. The Labute approximate surface area is 260 Å². The van der Waals surface area contributed by atoms with Crippen molar-refractivity contribution in [3.05, 3.63) is 71.2 Å². The fourth-order valence-electron chi connectivity index (χ4n) is 6.44. The Hall–Kier alpha value is -4.64. The molecule has 1 aliphatic heterocycles. The number of nitrogens with zero attached hydrogens (tertiary/aromatic N) is 6. The number of carbonyl (C=O) groups is 2. The van der Waals surface area contributed by atoms with Crippen LogP contribution in [0.2, 0.25) is 0 Å². The lowest BCUT2D eigenvalue weighted by Gasteiger charge is -2.33. The first-order valence-electron chi connectivity index (χ1n) is 15.4. The number of amides is 1. The van der Waals surface area contributed by atoms with E-state index in [1.54, 1.807) is 31.5 Å². The van der Waals surface area contributed by atoms with Crippen molar-refractivity contribution in [2.24, 2.45) is 18.7 Å². The first-order chi connectivity index (χ1) is 21.7. The monoisotopic (exact) mass is 609 g/mol. The number of methoxy groups -OCH3 is 1. The fourth-order valence-corrected chi connectivity index (χ4v) is 6.44. The van der Waals surface area contributed by atoms with Gasteiger partial charge in [0.25, 0.3) is 5.91 Å². The van der Waals surface area contributed by atoms with Crippen LogP contribution in [0.4, 0.5) is 4.39 Å². The molecule has 1 saturated carbocycles. The molecule has 1 saturated heterocycles. The van der Waals surface area contributed by atoms with E-state index in [-0.39, 0.29) is 31.1 Å². The van der Waals surface area contributed by atoms with E-state index in [4.69, 9.17) is 20.4 Å². The lowest BCUT2D eigenvalue weighted by molar-refractivity contribution is 0.0606. The molecule has 11 heteroatoms. The zero-order chi connectivity index (χ0) is 31.4. The smallest absolute Gasteiger partial charge is 0.254 e. The zero-order valence-electron chi connectivity index (χ0n) is 25.7. The highest BCUT2D eigenvalue weighted by molar-refractivity contribution is 6.01. The third-order valence-corrected chi connectivity index (χ3v) is 8.84. The SMILES string of the molecule is COc1cc(C(=O)N2C[C@H](N)C[C@@H](F)C2)cc2nc(-c3cc4ccc(C(=O)Cc5ccnc(C)c5)nc4n3CC3CC3)n(C)c12. The Morgan fingerprint density at radius 2 is 1.91 bits per heavy atom. The molecule has 1 aliphatic carbocycles. The van der Waals surface area contributed by atoms with Crippen LogP contribution in [0.25, 0.3) is 33.6 Å². The maximum atomic E-state index is 14.3. The topological polar surface area (TPSA) is 121 Å². The zero-order valence-corrected chi connectivity index (χ0v) is 25.7. The summed E-state index contributed by atoms with van der Waals surface area (Å²) in [5, 5.41) is 0.916. The van der Waals surface area contributed by atoms with Crippen molar-refractivity contribution in [1.29, 1.82) is 0 Å². The molecule has 1 amide bonds. The van der Waals surface area contributed by atoms with E-state index in [1.807, 2.05) is 36.7 Å². The molecule has 10 nitrogen and oxygen atoms in total. The number of halogens is 1. The van der Waals surface area contributed by atoms with Crippen LogP contribution in [0.5, 0.6) is 5.75 Å². The van der Waals surface area contributed by atoms with Gasteiger partial charge in [-0.25, -0.2) is 14.4 Å². The van der Waals surface area contributed by atoms with Crippen LogP contribution in [0, 0.1) is 12.8 Å². The highest BCUT2D eigenvalue weighted by atomic mass is 19.1. The second kappa shape index (κ2) is 11.4. The summed E-state index contributed by atoms with van der Waals surface area (Å²) >= 11 is 0. The van der Waals surface area contributed by atoms with Crippen molar-refractivity contribution in [1.82, 2.24) is 29.0 Å². The van der Waals surface area contributed by atoms with Crippen LogP contribution in [0.15, 0.2) is 48.7 Å². The Morgan fingerprint density at radius 1 is 1.09 bits per heavy atom. The number of carbonyl (C=O) groups excluding carboxylic acids is 2. The van der Waals surface area contributed by atoms with Crippen molar-refractivity contribution in [3.63, 3.8) is 0 Å². The van der Waals surface area contributed by atoms with Gasteiger partial charge >= 0.3 is 0 Å². The molecule has 5 aromatic rings. The fraction of sp³-hybridized carbons (Fsp3) is 0.382. The van der Waals surface area contributed by atoms with E-state index in [0.717, 1.165) is 52.9 Å². The summed E-state index contributed by atoms with van der Waals surface area (Å²) in [6.07, 6.45) is 3.34. The van der Waals surface area contributed by atoms with Crippen LogP contribution in [-0.4, -0.2) is 73.1 Å². The lowest BCUT2D eigenvalue weighted by Crippen LogP contribution is -2.50. The van der Waals surface area contributed by atoms with Gasteiger partial charge < -0.3 is 24.5 Å². The molecule has 5 heterocycles. The second-order valence-corrected chi connectivity index (χ2v) is 12.4. The third-order valence-electron chi connectivity index (χ3n) is 8.84. The summed E-state index contributed by atoms with van der Waals surface area (Å²) in [4.78, 5) is 42.3. The minimum Gasteiger partial charge on any atom is -0.494 e. The molecule has 1 aromatic carbocycles. The maximum Gasteiger partial charge on any atom is 0.254 e. The van der Waals surface area contributed by atoms with Crippen molar-refractivity contribution >= 4 is 33.8 Å². The van der Waals surface area contributed by atoms with Crippen LogP contribution in [0.1, 0.15) is 51.4 Å². The second-order valence-electron chi connectivity index (χ2n) is 12.4. The molecule has 2 atom stereocenters. The number of hydrogen-bond donors (Lipinski definition) is 1. The molecule has 2 fully saturated rings. The summed E-state index contributed by atoms with van der Waals surface area (Å²) in [6, 6.07) is 12.6. The normalized spacial score (nSPS) is 18.6. The number of Topliss-reactive ketones (excluding diaryl/α,β-unsaturated/α-hetero) is 1. The van der Waals surface area contributed by atoms with Gasteiger partial charge in [0.1, 0.15) is 28.8 Å². The summed E-state index contributed by atoms with van der Waals surface area (Å²) in [5.74, 6) is 1.37. The van der Waals surface area contributed by atoms with Crippen molar-refractivity contribution in [3.8, 4) is 17.3 Å². The lowest BCUT2D eigenvalue weighted by atomic mass is 10.0. The van der Waals surface area contributed by atoms with E-state index in [9.17, 15) is 14.0 Å². The number of aryl methyl sites for hydroxylation is 2. The van der Waals surface area contributed by atoms with E-state index in [1.165, 1.54) is 4.90 Å². The first-order valence-corrected chi connectivity index (χ1v) is 15.4. The average Bonchev–Trinajstić information content (AvgIpc) is 3.68. The third kappa shape index (κ3) is 5.56. The van der Waals surface area contributed by atoms with Crippen molar-refractivity contribution in [2.45, 2.75) is 51.4 Å². The minimum absolute atomic E-state index is 0.0152. The summed E-state index contributed by atoms with van der Waals surface area (Å²) in [6.45, 7) is 2.98. The van der Waals surface area contributed by atoms with Gasteiger partial charge in [-0.3, -0.25) is 14.6 Å². The van der Waals surface area contributed by atoms with Gasteiger partial charge in [0.2, 0.25) is 0 Å². The summed E-state index contributed by atoms with van der Waals surface area (Å²) < 4.78 is 24.1. The van der Waals surface area contributed by atoms with Gasteiger partial charge in [0.05, 0.1) is 24.9 Å². The molecule has 232 valence electrons. The predicted octanol–water partition coefficient (Wildman–Crippen LogP) is 4.65. The number of likely N-dealkylation sites (tertiary alicyclic amines) is 1. The molecule has 0 unspecified atom stereocenters. The Balaban J connectivity index is 1.29. The largest absolute Gasteiger partial charge is 0.494 e. The quantitative estimate of drug-likeness (QED) is 0.254. The maximum absolute atomic E-state index is 14.3. The molecule has 7 rings (SSSR count). The molecular weight excluding hydrogens is 573 g/mol. The average molecular weight is 610 g/mol. The van der Waals surface area contributed by atoms with E-state index in [0.29, 0.717) is 40.8 Å². The Bertz CT molecular complexity index is 1950. The summed E-state index contributed by atoms with van der Waals surface area (Å²) in [7, 11) is 3.48. The van der Waals surface area contributed by atoms with Crippen molar-refractivity contribution < 1.29 is 18.7 Å². The van der Waals surface area contributed by atoms with Gasteiger partial charge in [0, 0.05) is 55.4 Å². The highest BCUT2D eigenvalue weighted by Gasteiger charge is 2.31. The number of piperidine rings is 1. The van der Waals surface area contributed by atoms with Crippen LogP contribution in [-0.2, 0) is 20.0 Å². The number of nitrogens with two attached hydrogens (primary N) is 1. The number of ketones is 1. The van der Waals surface area contributed by atoms with Gasteiger partial charge in [0.15, 0.2) is 11.6 Å². The van der Waals surface area contributed by atoms with Gasteiger partial charge in [-0.15, -0.1) is 0 Å². The van der Waals surface area contributed by atoms with Crippen molar-refractivity contribution in [2.75, 3.05) is 20.2 Å². The first kappa shape index (κ1) is 29.1. The minimum atomic E-state index is -1.15. The molecule has 45 heavy (non-hydrogen) atoms. The number of alkyl halides is 1. The number of benzene rings is 1. The standard InChI is InChI=1S/C34H36FN7O3/c1-19-10-21(8-9-37-19)11-29(43)26-7-6-22-13-28(42(32(22)38-26)16-20-4-5-20)33-39-27-12-23(14-30(45-3)31(27)40(33)2)34(44)41-17-24(35)15-25(36)18-41/h6-10,12-14,20,24-25H,4-5,11,15-18,36H2,1-3H3/t24-,25-/m1/s1. The molecule has 2 aliphatic rings. The number of aromatic nitrogens is 5. The van der Waals surface area contributed by atoms with Crippen LogP contribution < -0.4 is 10.5 Å². The molecule has 4 aromatic heterocycles. The summed E-state index contributed by atoms with van der Waals surface area (Å²) in [5.41, 5.74) is 11.5. The van der Waals surface area contributed by atoms with E-state index < -0.39 is 12.2 Å². The number of pyridine rings is 2. The van der Waals surface area contributed by atoms with Gasteiger partial charge in [-0.2, -0.15) is 0 Å². The highest BCUT2D eigenvalue weighted by Crippen LogP contribution is 2.38. The molecule has 0 radical (unpaired) electrons. The number of hydrogen-bond acceptors (Lipinski definition) is 7. The molecule has 0 bridgehead atoms. The number of imidazole rings is 1. The van der Waals surface area contributed by atoms with Gasteiger partial charge in [-0.05, 0) is 80.1 Å². The van der Waals surface area contributed by atoms with Gasteiger partial charge in [-0.1, -0.05) is 0 Å². The molecule has 2 N–H and O–H groups in total. The predicted molar refractivity (Wildman–Crippen MR) is 169 cm³/mol. The molecule has 0 spiro atoms. The number of ether oxygens (including phenoxy) is 1.